The third-order valence-corrected chi connectivity index (χ3v) is 4.93. The minimum absolute atomic E-state index is 0.0237. The second-order valence-corrected chi connectivity index (χ2v) is 7.47. The summed E-state index contributed by atoms with van der Waals surface area (Å²) in [4.78, 5) is 16.8. The fraction of sp³-hybridized carbons (Fsp3) is 0.400. The van der Waals surface area contributed by atoms with Crippen LogP contribution >= 0.6 is 11.6 Å². The molecule has 140 valence electrons. The third kappa shape index (κ3) is 4.73. The number of nitrogens with zero attached hydrogens (tertiary/aromatic N) is 1. The van der Waals surface area contributed by atoms with Crippen molar-refractivity contribution >= 4 is 24.2 Å². The Hall–Kier alpha value is -2.14. The van der Waals surface area contributed by atoms with Crippen LogP contribution in [0.25, 0.3) is 0 Å². The predicted molar refractivity (Wildman–Crippen MR) is 105 cm³/mol. The minimum Gasteiger partial charge on any atom is -0.365 e. The lowest BCUT2D eigenvalue weighted by molar-refractivity contribution is -0.117. The molecule has 0 atom stereocenters. The Bertz CT molecular complexity index is 790. The first kappa shape index (κ1) is 20.2. The van der Waals surface area contributed by atoms with E-state index in [0.29, 0.717) is 17.0 Å². The van der Waals surface area contributed by atoms with Crippen molar-refractivity contribution in [3.05, 3.63) is 57.1 Å². The maximum Gasteiger partial charge on any atom is 0.251 e. The monoisotopic (exact) mass is 377 g/mol. The largest absolute Gasteiger partial charge is 0.365 e. The van der Waals surface area contributed by atoms with Crippen LogP contribution in [0.2, 0.25) is 5.02 Å². The van der Waals surface area contributed by atoms with E-state index in [1.54, 1.807) is 12.1 Å². The van der Waals surface area contributed by atoms with Crippen LogP contribution in [-0.2, 0) is 11.3 Å². The molecule has 1 fully saturated rings. The number of rotatable bonds is 7. The van der Waals surface area contributed by atoms with Gasteiger partial charge in [-0.3, -0.25) is 4.79 Å². The molecule has 0 saturated heterocycles. The van der Waals surface area contributed by atoms with Crippen LogP contribution in [0.4, 0.5) is 4.39 Å². The molecular weight excluding hydrogens is 353 g/mol. The Kier molecular flexibility index (Phi) is 6.24. The van der Waals surface area contributed by atoms with E-state index in [1.807, 2.05) is 20.8 Å². The van der Waals surface area contributed by atoms with E-state index in [1.165, 1.54) is 6.07 Å². The predicted octanol–water partition coefficient (Wildman–Crippen LogP) is 4.51. The molecule has 1 saturated carbocycles. The van der Waals surface area contributed by atoms with Crippen LogP contribution < -0.4 is 10.6 Å². The highest BCUT2D eigenvalue weighted by Crippen LogP contribution is 2.36. The molecule has 26 heavy (non-hydrogen) atoms. The van der Waals surface area contributed by atoms with Gasteiger partial charge in [-0.2, -0.15) is 0 Å². The van der Waals surface area contributed by atoms with Crippen LogP contribution in [0.3, 0.4) is 0 Å². The van der Waals surface area contributed by atoms with Gasteiger partial charge in [0, 0.05) is 23.2 Å². The highest BCUT2D eigenvalue weighted by molar-refractivity contribution is 6.31. The van der Waals surface area contributed by atoms with Gasteiger partial charge in [0.05, 0.1) is 5.02 Å². The van der Waals surface area contributed by atoms with Gasteiger partial charge < -0.3 is 10.6 Å². The van der Waals surface area contributed by atoms with Gasteiger partial charge in [-0.15, -0.1) is 0 Å². The zero-order valence-corrected chi connectivity index (χ0v) is 16.4. The molecule has 6 heteroatoms. The van der Waals surface area contributed by atoms with Crippen molar-refractivity contribution in [2.24, 2.45) is 4.99 Å². The summed E-state index contributed by atoms with van der Waals surface area (Å²) in [6, 6.07) is 4.53. The van der Waals surface area contributed by atoms with Gasteiger partial charge in [0.1, 0.15) is 11.6 Å². The van der Waals surface area contributed by atoms with Gasteiger partial charge in [0.2, 0.25) is 0 Å². The standard InChI is InChI=1S/C20H25ClFN3O/c1-12(2)16(13(3)18(23-5)25-20(4)9-10-20)19(26)24-11-14-7-6-8-15(22)17(14)21/h6-8,25H,5,9-11H2,1-4H3,(H,24,26)/b18-13-. The maximum absolute atomic E-state index is 13.5. The Labute approximate surface area is 159 Å². The minimum atomic E-state index is -0.503. The van der Waals surface area contributed by atoms with E-state index < -0.39 is 5.82 Å². The van der Waals surface area contributed by atoms with Crippen LogP contribution in [-0.4, -0.2) is 18.2 Å². The topological polar surface area (TPSA) is 53.5 Å². The molecule has 0 radical (unpaired) electrons. The quantitative estimate of drug-likeness (QED) is 0.417. The molecule has 2 rings (SSSR count). The van der Waals surface area contributed by atoms with Gasteiger partial charge in [-0.25, -0.2) is 9.38 Å². The second kappa shape index (κ2) is 8.04. The first-order valence-electron chi connectivity index (χ1n) is 8.53. The number of hydrogen-bond donors (Lipinski definition) is 2. The fourth-order valence-corrected chi connectivity index (χ4v) is 2.88. The van der Waals surface area contributed by atoms with E-state index in [2.05, 4.69) is 29.3 Å². The Morgan fingerprint density at radius 3 is 2.54 bits per heavy atom. The lowest BCUT2D eigenvalue weighted by atomic mass is 10.0. The zero-order chi connectivity index (χ0) is 19.5. The summed E-state index contributed by atoms with van der Waals surface area (Å²) >= 11 is 5.95. The van der Waals surface area contributed by atoms with Crippen molar-refractivity contribution in [2.75, 3.05) is 0 Å². The molecule has 0 aromatic heterocycles. The third-order valence-electron chi connectivity index (χ3n) is 4.51. The number of halogens is 2. The van der Waals surface area contributed by atoms with Crippen molar-refractivity contribution < 1.29 is 9.18 Å². The number of benzene rings is 1. The molecule has 0 spiro atoms. The molecule has 0 bridgehead atoms. The number of allylic oxidation sites excluding steroid dienone is 1. The number of aliphatic imine (C=N–C) groups is 1. The van der Waals surface area contributed by atoms with Crippen LogP contribution in [0.15, 0.2) is 45.7 Å². The smallest absolute Gasteiger partial charge is 0.251 e. The molecular formula is C20H25ClFN3O. The molecule has 1 aliphatic carbocycles. The lowest BCUT2D eigenvalue weighted by Crippen LogP contribution is -2.30. The van der Waals surface area contributed by atoms with Crippen LogP contribution in [0.5, 0.6) is 0 Å². The number of carbonyl (C=O) groups excluding carboxylic acids is 1. The molecule has 1 aliphatic rings. The van der Waals surface area contributed by atoms with Crippen molar-refractivity contribution in [1.29, 1.82) is 0 Å². The lowest BCUT2D eigenvalue weighted by Gasteiger charge is -2.18. The van der Waals surface area contributed by atoms with E-state index in [9.17, 15) is 9.18 Å². The average Bonchev–Trinajstić information content (AvgIpc) is 3.31. The molecule has 1 aromatic carbocycles. The number of nitrogens with one attached hydrogen (secondary N) is 2. The molecule has 0 heterocycles. The Morgan fingerprint density at radius 2 is 2.00 bits per heavy atom. The van der Waals surface area contributed by atoms with Crippen molar-refractivity contribution in [1.82, 2.24) is 10.6 Å². The number of carbonyl (C=O) groups is 1. The first-order chi connectivity index (χ1) is 12.2. The molecule has 4 nitrogen and oxygen atoms in total. The molecule has 1 amide bonds. The van der Waals surface area contributed by atoms with Crippen LogP contribution in [0.1, 0.15) is 46.1 Å². The molecule has 0 aliphatic heterocycles. The molecule has 1 aromatic rings. The van der Waals surface area contributed by atoms with Gasteiger partial charge >= 0.3 is 0 Å². The second-order valence-electron chi connectivity index (χ2n) is 7.09. The SMILES string of the molecule is C=N/C(NC1(C)CC1)=C(\C)C(C(=O)NCc1cccc(F)c1Cl)=C(C)C. The first-order valence-corrected chi connectivity index (χ1v) is 8.91. The summed E-state index contributed by atoms with van der Waals surface area (Å²) in [7, 11) is 0. The van der Waals surface area contributed by atoms with E-state index in [-0.39, 0.29) is 23.0 Å². The van der Waals surface area contributed by atoms with Crippen molar-refractivity contribution in [3.63, 3.8) is 0 Å². The highest BCUT2D eigenvalue weighted by Gasteiger charge is 2.38. The summed E-state index contributed by atoms with van der Waals surface area (Å²) in [6.45, 7) is 11.5. The fourth-order valence-electron chi connectivity index (χ4n) is 2.69. The molecule has 0 unspecified atom stereocenters. The highest BCUT2D eigenvalue weighted by atomic mass is 35.5. The van der Waals surface area contributed by atoms with E-state index >= 15 is 0 Å². The summed E-state index contributed by atoms with van der Waals surface area (Å²) in [5.41, 5.74) is 2.68. The summed E-state index contributed by atoms with van der Waals surface area (Å²) in [5, 5.41) is 6.20. The number of hydrogen-bond acceptors (Lipinski definition) is 3. The van der Waals surface area contributed by atoms with Crippen molar-refractivity contribution in [2.45, 2.75) is 52.6 Å². The summed E-state index contributed by atoms with van der Waals surface area (Å²) in [5.74, 6) is -0.149. The maximum atomic E-state index is 13.5. The van der Waals surface area contributed by atoms with Crippen LogP contribution in [0, 0.1) is 5.82 Å². The van der Waals surface area contributed by atoms with E-state index in [0.717, 1.165) is 24.0 Å². The Balaban J connectivity index is 2.21. The molecule has 2 N–H and O–H groups in total. The normalized spacial score (nSPS) is 15.6. The van der Waals surface area contributed by atoms with Gasteiger partial charge in [0.15, 0.2) is 0 Å². The Morgan fingerprint density at radius 1 is 1.35 bits per heavy atom. The summed E-state index contributed by atoms with van der Waals surface area (Å²) in [6.07, 6.45) is 2.13. The number of amides is 1. The van der Waals surface area contributed by atoms with Gasteiger partial charge in [-0.1, -0.05) is 29.3 Å². The average molecular weight is 378 g/mol. The summed E-state index contributed by atoms with van der Waals surface area (Å²) < 4.78 is 13.5. The zero-order valence-electron chi connectivity index (χ0n) is 15.7. The van der Waals surface area contributed by atoms with Gasteiger partial charge in [0.25, 0.3) is 5.91 Å². The van der Waals surface area contributed by atoms with E-state index in [4.69, 9.17) is 11.6 Å². The van der Waals surface area contributed by atoms with Gasteiger partial charge in [-0.05, 0) is 58.9 Å². The van der Waals surface area contributed by atoms with Crippen molar-refractivity contribution in [3.8, 4) is 0 Å².